The van der Waals surface area contributed by atoms with Crippen LogP contribution in [0.2, 0.25) is 0 Å². The lowest BCUT2D eigenvalue weighted by Crippen LogP contribution is -2.57. The second-order valence-corrected chi connectivity index (χ2v) is 12.1. The number of amides is 3. The van der Waals surface area contributed by atoms with Gasteiger partial charge in [-0.2, -0.15) is 0 Å². The number of aliphatic hydroxyl groups excluding tert-OH is 1. The number of thioether (sulfide) groups is 1. The number of hydrogen-bond donors (Lipinski definition) is 5. The van der Waals surface area contributed by atoms with E-state index in [1.54, 1.807) is 29.2 Å². The van der Waals surface area contributed by atoms with Crippen molar-refractivity contribution in [2.75, 3.05) is 30.3 Å². The molecule has 3 aromatic rings. The van der Waals surface area contributed by atoms with Gasteiger partial charge in [0.15, 0.2) is 6.61 Å². The standard InChI is InChI=1S/C33H36F2N4O7S/c34-22-8-4-20(5-9-22)27(40)19-47-31-30(39(32(31)43)24-12-10-23(35)11-13-24)21-6-14-25(15-7-21)46-18-29(42)38-17-28(41)37-16-2-1-3-26(36)33(44)45/h4-15,26-27,30-31,40H,1-3,16-19,36H2,(H,37,41)(H,38,42)(H,44,45)/t26-,27+,30-,31-/m1/s1. The largest absolute Gasteiger partial charge is 0.484 e. The van der Waals surface area contributed by atoms with E-state index in [-0.39, 0.29) is 24.8 Å². The van der Waals surface area contributed by atoms with Crippen LogP contribution in [0, 0.1) is 11.6 Å². The van der Waals surface area contributed by atoms with Crippen LogP contribution in [-0.2, 0) is 19.2 Å². The summed E-state index contributed by atoms with van der Waals surface area (Å²) in [6.45, 7) is -0.272. The molecule has 4 atom stereocenters. The van der Waals surface area contributed by atoms with Gasteiger partial charge in [0.05, 0.1) is 18.7 Å². The lowest BCUT2D eigenvalue weighted by molar-refractivity contribution is -0.138. The van der Waals surface area contributed by atoms with Gasteiger partial charge in [0.1, 0.15) is 28.7 Å². The number of nitrogens with one attached hydrogen (secondary N) is 2. The van der Waals surface area contributed by atoms with Crippen molar-refractivity contribution in [2.24, 2.45) is 5.73 Å². The first-order chi connectivity index (χ1) is 22.5. The topological polar surface area (TPSA) is 171 Å². The first kappa shape index (κ1) is 35.3. The summed E-state index contributed by atoms with van der Waals surface area (Å²) < 4.78 is 32.5. The van der Waals surface area contributed by atoms with Crippen molar-refractivity contribution < 1.29 is 42.9 Å². The van der Waals surface area contributed by atoms with E-state index in [0.717, 1.165) is 5.56 Å². The first-order valence-corrected chi connectivity index (χ1v) is 16.0. The fraction of sp³-hybridized carbons (Fsp3) is 0.333. The predicted molar refractivity (Wildman–Crippen MR) is 172 cm³/mol. The van der Waals surface area contributed by atoms with Crippen LogP contribution in [-0.4, -0.2) is 70.6 Å². The molecule has 1 saturated heterocycles. The molecular weight excluding hydrogens is 634 g/mol. The lowest BCUT2D eigenvalue weighted by atomic mass is 9.92. The third kappa shape index (κ3) is 9.98. The fourth-order valence-corrected chi connectivity index (χ4v) is 6.16. The Labute approximate surface area is 274 Å². The SMILES string of the molecule is N[C@H](CCCCNC(=O)CNC(=O)COc1ccc([C@@H]2[C@@H](SC[C@H](O)c3ccc(F)cc3)C(=O)N2c2ccc(F)cc2)cc1)C(=O)O. The van der Waals surface area contributed by atoms with Gasteiger partial charge in [-0.15, -0.1) is 11.8 Å². The van der Waals surface area contributed by atoms with E-state index in [1.807, 2.05) is 0 Å². The summed E-state index contributed by atoms with van der Waals surface area (Å²) in [4.78, 5) is 49.7. The van der Waals surface area contributed by atoms with Crippen LogP contribution in [0.4, 0.5) is 14.5 Å². The molecule has 14 heteroatoms. The number of rotatable bonds is 17. The smallest absolute Gasteiger partial charge is 0.320 e. The Hall–Kier alpha value is -4.53. The Bertz CT molecular complexity index is 1530. The fourth-order valence-electron chi connectivity index (χ4n) is 4.86. The minimum Gasteiger partial charge on any atom is -0.484 e. The molecule has 11 nitrogen and oxygen atoms in total. The molecule has 1 heterocycles. The molecule has 0 radical (unpaired) electrons. The number of carboxylic acid groups (broad SMARTS) is 1. The molecular formula is C33H36F2N4O7S. The minimum atomic E-state index is -1.07. The Balaban J connectivity index is 1.29. The number of aliphatic hydroxyl groups is 1. The third-order valence-electron chi connectivity index (χ3n) is 7.46. The van der Waals surface area contributed by atoms with Crippen LogP contribution in [0.1, 0.15) is 42.5 Å². The first-order valence-electron chi connectivity index (χ1n) is 14.9. The average molecular weight is 671 g/mol. The molecule has 47 heavy (non-hydrogen) atoms. The quantitative estimate of drug-likeness (QED) is 0.107. The zero-order chi connectivity index (χ0) is 33.9. The van der Waals surface area contributed by atoms with Crippen molar-refractivity contribution in [3.8, 4) is 5.75 Å². The van der Waals surface area contributed by atoms with Gasteiger partial charge >= 0.3 is 5.97 Å². The van der Waals surface area contributed by atoms with Gasteiger partial charge in [-0.1, -0.05) is 24.3 Å². The average Bonchev–Trinajstić information content (AvgIpc) is 3.06. The van der Waals surface area contributed by atoms with E-state index in [9.17, 15) is 33.1 Å². The van der Waals surface area contributed by atoms with Crippen LogP contribution in [0.3, 0.4) is 0 Å². The zero-order valence-corrected chi connectivity index (χ0v) is 26.1. The summed E-state index contributed by atoms with van der Waals surface area (Å²) in [6.07, 6.45) is 0.465. The van der Waals surface area contributed by atoms with E-state index in [2.05, 4.69) is 10.6 Å². The number of β-lactam (4-membered cyclic amide) rings is 1. The van der Waals surface area contributed by atoms with Gasteiger partial charge < -0.3 is 36.2 Å². The highest BCUT2D eigenvalue weighted by Crippen LogP contribution is 2.46. The maximum absolute atomic E-state index is 13.6. The molecule has 6 N–H and O–H groups in total. The third-order valence-corrected chi connectivity index (χ3v) is 8.78. The van der Waals surface area contributed by atoms with Gasteiger partial charge in [-0.3, -0.25) is 19.2 Å². The number of benzene rings is 3. The number of carboxylic acids is 1. The molecule has 250 valence electrons. The molecule has 3 amide bonds. The van der Waals surface area contributed by atoms with E-state index < -0.39 is 52.9 Å². The number of carbonyl (C=O) groups excluding carboxylic acids is 3. The van der Waals surface area contributed by atoms with Crippen molar-refractivity contribution >= 4 is 41.1 Å². The van der Waals surface area contributed by atoms with Crippen molar-refractivity contribution in [2.45, 2.75) is 42.7 Å². The summed E-state index contributed by atoms with van der Waals surface area (Å²) in [5.74, 6) is -2.48. The number of carbonyl (C=O) groups is 4. The number of aliphatic carboxylic acids is 1. The molecule has 0 aromatic heterocycles. The van der Waals surface area contributed by atoms with Crippen molar-refractivity contribution in [1.82, 2.24) is 10.6 Å². The Morgan fingerprint density at radius 3 is 2.19 bits per heavy atom. The lowest BCUT2D eigenvalue weighted by Gasteiger charge is -2.47. The Morgan fingerprint density at radius 2 is 1.55 bits per heavy atom. The van der Waals surface area contributed by atoms with Crippen molar-refractivity contribution in [3.05, 3.63) is 95.6 Å². The highest BCUT2D eigenvalue weighted by molar-refractivity contribution is 8.00. The highest BCUT2D eigenvalue weighted by atomic mass is 32.2. The predicted octanol–water partition coefficient (Wildman–Crippen LogP) is 3.08. The summed E-state index contributed by atoms with van der Waals surface area (Å²) in [5, 5.41) is 24.0. The molecule has 3 aromatic carbocycles. The number of nitrogens with two attached hydrogens (primary N) is 1. The molecule has 1 fully saturated rings. The second kappa shape index (κ2) is 16.9. The normalized spacial score (nSPS) is 16.9. The molecule has 1 aliphatic heterocycles. The number of hydrogen-bond acceptors (Lipinski definition) is 8. The summed E-state index contributed by atoms with van der Waals surface area (Å²) in [5.41, 5.74) is 7.23. The Kier molecular flexibility index (Phi) is 12.7. The zero-order valence-electron chi connectivity index (χ0n) is 25.3. The summed E-state index contributed by atoms with van der Waals surface area (Å²) >= 11 is 1.27. The van der Waals surface area contributed by atoms with Crippen LogP contribution in [0.15, 0.2) is 72.8 Å². The number of unbranched alkanes of at least 4 members (excludes halogenated alkanes) is 1. The summed E-state index contributed by atoms with van der Waals surface area (Å²) in [6, 6.07) is 16.5. The van der Waals surface area contributed by atoms with Gasteiger partial charge in [0, 0.05) is 18.0 Å². The molecule has 4 rings (SSSR count). The van der Waals surface area contributed by atoms with E-state index in [0.29, 0.717) is 42.8 Å². The monoisotopic (exact) mass is 670 g/mol. The number of halogens is 2. The van der Waals surface area contributed by atoms with Gasteiger partial charge in [0.25, 0.3) is 5.91 Å². The van der Waals surface area contributed by atoms with Crippen LogP contribution < -0.4 is 26.0 Å². The van der Waals surface area contributed by atoms with E-state index in [4.69, 9.17) is 15.6 Å². The van der Waals surface area contributed by atoms with Crippen molar-refractivity contribution in [1.29, 1.82) is 0 Å². The van der Waals surface area contributed by atoms with Gasteiger partial charge in [0.2, 0.25) is 11.8 Å². The van der Waals surface area contributed by atoms with Crippen LogP contribution >= 0.6 is 11.8 Å². The van der Waals surface area contributed by atoms with Crippen LogP contribution in [0.25, 0.3) is 0 Å². The highest BCUT2D eigenvalue weighted by Gasteiger charge is 2.49. The minimum absolute atomic E-state index is 0.186. The molecule has 0 saturated carbocycles. The van der Waals surface area contributed by atoms with Gasteiger partial charge in [-0.25, -0.2) is 8.78 Å². The summed E-state index contributed by atoms with van der Waals surface area (Å²) in [7, 11) is 0. The number of anilines is 1. The van der Waals surface area contributed by atoms with Crippen LogP contribution in [0.5, 0.6) is 5.75 Å². The number of ether oxygens (including phenoxy) is 1. The molecule has 0 spiro atoms. The molecule has 0 unspecified atom stereocenters. The maximum atomic E-state index is 13.6. The number of nitrogens with zero attached hydrogens (tertiary/aromatic N) is 1. The molecule has 0 aliphatic carbocycles. The maximum Gasteiger partial charge on any atom is 0.320 e. The molecule has 1 aliphatic rings. The molecule has 0 bridgehead atoms. The Morgan fingerprint density at radius 1 is 0.915 bits per heavy atom. The second-order valence-electron chi connectivity index (χ2n) is 10.9. The van der Waals surface area contributed by atoms with E-state index >= 15 is 0 Å². The van der Waals surface area contributed by atoms with E-state index in [1.165, 1.54) is 60.3 Å². The van der Waals surface area contributed by atoms with Gasteiger partial charge in [-0.05, 0) is 78.9 Å². The van der Waals surface area contributed by atoms with Crippen molar-refractivity contribution in [3.63, 3.8) is 0 Å².